The van der Waals surface area contributed by atoms with Gasteiger partial charge in [0.15, 0.2) is 0 Å². The van der Waals surface area contributed by atoms with Crippen LogP contribution in [0.15, 0.2) is 0 Å². The van der Waals surface area contributed by atoms with E-state index < -0.39 is 5.54 Å². The second-order valence-corrected chi connectivity index (χ2v) is 4.40. The highest BCUT2D eigenvalue weighted by Gasteiger charge is 2.17. The molecular weight excluding hydrogens is 176 g/mol. The molecule has 0 aliphatic carbocycles. The van der Waals surface area contributed by atoms with Crippen LogP contribution >= 0.6 is 0 Å². The molecule has 0 aromatic rings. The van der Waals surface area contributed by atoms with E-state index in [4.69, 9.17) is 10.8 Å². The van der Waals surface area contributed by atoms with Crippen LogP contribution in [0.3, 0.4) is 0 Å². The lowest BCUT2D eigenvalue weighted by Crippen LogP contribution is -2.43. The molecule has 0 rings (SSSR count). The number of hydrogen-bond acceptors (Lipinski definition) is 3. The van der Waals surface area contributed by atoms with Gasteiger partial charge in [-0.05, 0) is 45.8 Å². The number of aliphatic hydroxyl groups excluding tert-OH is 1. The van der Waals surface area contributed by atoms with E-state index >= 15 is 0 Å². The Labute approximate surface area is 88.3 Å². The summed E-state index contributed by atoms with van der Waals surface area (Å²) in [5.41, 5.74) is 5.46. The Hall–Kier alpha value is -0.120. The van der Waals surface area contributed by atoms with Crippen molar-refractivity contribution in [1.29, 1.82) is 0 Å². The Morgan fingerprint density at radius 3 is 2.00 bits per heavy atom. The Kier molecular flexibility index (Phi) is 7.15. The van der Waals surface area contributed by atoms with Gasteiger partial charge in [0.2, 0.25) is 0 Å². The van der Waals surface area contributed by atoms with Gasteiger partial charge in [0.25, 0.3) is 0 Å². The summed E-state index contributed by atoms with van der Waals surface area (Å²) in [5.74, 6) is 0. The first-order valence-electron chi connectivity index (χ1n) is 5.67. The fraction of sp³-hybridized carbons (Fsp3) is 1.00. The van der Waals surface area contributed by atoms with Crippen molar-refractivity contribution in [1.82, 2.24) is 4.90 Å². The second kappa shape index (κ2) is 7.21. The number of rotatable bonds is 8. The molecule has 0 radical (unpaired) electrons. The van der Waals surface area contributed by atoms with Crippen LogP contribution in [-0.4, -0.2) is 41.8 Å². The van der Waals surface area contributed by atoms with Gasteiger partial charge < -0.3 is 15.7 Å². The zero-order valence-electron chi connectivity index (χ0n) is 9.92. The van der Waals surface area contributed by atoms with Crippen LogP contribution in [0.5, 0.6) is 0 Å². The zero-order chi connectivity index (χ0) is 11.0. The molecule has 1 unspecified atom stereocenters. The molecule has 3 nitrogen and oxygen atoms in total. The summed E-state index contributed by atoms with van der Waals surface area (Å²) in [6.45, 7) is 9.62. The molecule has 14 heavy (non-hydrogen) atoms. The smallest absolute Gasteiger partial charge is 0.0608 e. The maximum atomic E-state index is 9.02. The molecule has 0 aliphatic rings. The molecule has 3 heteroatoms. The highest BCUT2D eigenvalue weighted by Crippen LogP contribution is 2.06. The van der Waals surface area contributed by atoms with Gasteiger partial charge in [-0.1, -0.05) is 13.8 Å². The number of aliphatic hydroxyl groups is 1. The summed E-state index contributed by atoms with van der Waals surface area (Å²) >= 11 is 0. The van der Waals surface area contributed by atoms with Crippen molar-refractivity contribution in [2.45, 2.75) is 45.6 Å². The summed E-state index contributed by atoms with van der Waals surface area (Å²) in [5, 5.41) is 9.02. The predicted octanol–water partition coefficient (Wildman–Crippen LogP) is 1.21. The van der Waals surface area contributed by atoms with E-state index in [-0.39, 0.29) is 6.61 Å². The molecule has 0 aliphatic heterocycles. The first-order valence-corrected chi connectivity index (χ1v) is 5.67. The fourth-order valence-electron chi connectivity index (χ4n) is 1.46. The van der Waals surface area contributed by atoms with Crippen molar-refractivity contribution in [2.75, 3.05) is 26.2 Å². The lowest BCUT2D eigenvalue weighted by Gasteiger charge is -2.27. The van der Waals surface area contributed by atoms with Gasteiger partial charge in [0, 0.05) is 5.54 Å². The minimum absolute atomic E-state index is 0.0685. The normalized spacial score (nSPS) is 15.9. The van der Waals surface area contributed by atoms with Crippen molar-refractivity contribution >= 4 is 0 Å². The molecule has 0 bridgehead atoms. The topological polar surface area (TPSA) is 49.5 Å². The van der Waals surface area contributed by atoms with E-state index in [0.29, 0.717) is 0 Å². The van der Waals surface area contributed by atoms with Gasteiger partial charge in [0.05, 0.1) is 6.61 Å². The molecular formula is C11H26N2O. The van der Waals surface area contributed by atoms with Gasteiger partial charge in [-0.25, -0.2) is 0 Å². The van der Waals surface area contributed by atoms with Gasteiger partial charge in [0.1, 0.15) is 0 Å². The van der Waals surface area contributed by atoms with Crippen LogP contribution in [0, 0.1) is 0 Å². The largest absolute Gasteiger partial charge is 0.394 e. The molecule has 0 amide bonds. The SMILES string of the molecule is CCCN(CCC)CCC(C)(N)CO. The summed E-state index contributed by atoms with van der Waals surface area (Å²) in [6.07, 6.45) is 3.23. The molecule has 0 heterocycles. The van der Waals surface area contributed by atoms with Gasteiger partial charge in [-0.15, -0.1) is 0 Å². The van der Waals surface area contributed by atoms with Crippen molar-refractivity contribution in [3.8, 4) is 0 Å². The Bertz CT molecular complexity index is 131. The minimum Gasteiger partial charge on any atom is -0.394 e. The quantitative estimate of drug-likeness (QED) is 0.622. The average Bonchev–Trinajstić information content (AvgIpc) is 2.15. The third-order valence-electron chi connectivity index (χ3n) is 2.44. The van der Waals surface area contributed by atoms with Crippen LogP contribution < -0.4 is 5.73 Å². The summed E-state index contributed by atoms with van der Waals surface area (Å²) < 4.78 is 0. The Morgan fingerprint density at radius 2 is 1.64 bits per heavy atom. The van der Waals surface area contributed by atoms with Crippen LogP contribution in [0.1, 0.15) is 40.0 Å². The van der Waals surface area contributed by atoms with Gasteiger partial charge >= 0.3 is 0 Å². The fourth-order valence-corrected chi connectivity index (χ4v) is 1.46. The van der Waals surface area contributed by atoms with Gasteiger partial charge in [-0.3, -0.25) is 0 Å². The molecule has 3 N–H and O–H groups in total. The van der Waals surface area contributed by atoms with E-state index in [1.54, 1.807) is 0 Å². The molecule has 1 atom stereocenters. The van der Waals surface area contributed by atoms with Crippen molar-refractivity contribution in [2.24, 2.45) is 5.73 Å². The minimum atomic E-state index is -0.417. The molecule has 0 fully saturated rings. The predicted molar refractivity (Wildman–Crippen MR) is 61.3 cm³/mol. The van der Waals surface area contributed by atoms with Crippen molar-refractivity contribution in [3.05, 3.63) is 0 Å². The molecule has 0 saturated heterocycles. The summed E-state index contributed by atoms with van der Waals surface area (Å²) in [4.78, 5) is 2.42. The lowest BCUT2D eigenvalue weighted by molar-refractivity contribution is 0.174. The Morgan fingerprint density at radius 1 is 1.14 bits per heavy atom. The van der Waals surface area contributed by atoms with E-state index in [1.807, 2.05) is 6.92 Å². The second-order valence-electron chi connectivity index (χ2n) is 4.40. The van der Waals surface area contributed by atoms with Crippen LogP contribution in [0.25, 0.3) is 0 Å². The third kappa shape index (κ3) is 6.35. The van der Waals surface area contributed by atoms with Crippen LogP contribution in [0.4, 0.5) is 0 Å². The van der Waals surface area contributed by atoms with E-state index in [1.165, 1.54) is 12.8 Å². The average molecular weight is 202 g/mol. The van der Waals surface area contributed by atoms with Crippen LogP contribution in [-0.2, 0) is 0 Å². The first kappa shape index (κ1) is 13.9. The zero-order valence-corrected chi connectivity index (χ0v) is 9.92. The Balaban J connectivity index is 3.80. The highest BCUT2D eigenvalue weighted by molar-refractivity contribution is 4.78. The van der Waals surface area contributed by atoms with E-state index in [9.17, 15) is 0 Å². The van der Waals surface area contributed by atoms with Crippen molar-refractivity contribution in [3.63, 3.8) is 0 Å². The standard InChI is InChI=1S/C11H26N2O/c1-4-7-13(8-5-2)9-6-11(3,12)10-14/h14H,4-10,12H2,1-3H3. The monoisotopic (exact) mass is 202 g/mol. The van der Waals surface area contributed by atoms with E-state index in [0.717, 1.165) is 26.1 Å². The maximum Gasteiger partial charge on any atom is 0.0608 e. The molecule has 0 spiro atoms. The molecule has 0 aromatic heterocycles. The highest BCUT2D eigenvalue weighted by atomic mass is 16.3. The summed E-state index contributed by atoms with van der Waals surface area (Å²) in [6, 6.07) is 0. The number of hydrogen-bond donors (Lipinski definition) is 2. The first-order chi connectivity index (χ1) is 6.55. The van der Waals surface area contributed by atoms with E-state index in [2.05, 4.69) is 18.7 Å². The van der Waals surface area contributed by atoms with Gasteiger partial charge in [-0.2, -0.15) is 0 Å². The van der Waals surface area contributed by atoms with Crippen molar-refractivity contribution < 1.29 is 5.11 Å². The molecule has 0 aromatic carbocycles. The number of nitrogens with zero attached hydrogens (tertiary/aromatic N) is 1. The number of nitrogens with two attached hydrogens (primary N) is 1. The molecule has 86 valence electrons. The maximum absolute atomic E-state index is 9.02. The summed E-state index contributed by atoms with van der Waals surface area (Å²) in [7, 11) is 0. The lowest BCUT2D eigenvalue weighted by atomic mass is 10.0. The third-order valence-corrected chi connectivity index (χ3v) is 2.44. The molecule has 0 saturated carbocycles. The van der Waals surface area contributed by atoms with Crippen LogP contribution in [0.2, 0.25) is 0 Å².